The molecule has 0 aromatic rings. The van der Waals surface area contributed by atoms with Crippen LogP contribution in [0.3, 0.4) is 0 Å². The Balaban J connectivity index is 1.72. The maximum absolute atomic E-state index is 12.7. The highest BCUT2D eigenvalue weighted by Gasteiger charge is 2.35. The number of Topliss-reactive ketones (excluding diaryl/α,β-unsaturated/α-hetero) is 1. The largest absolute Gasteiger partial charge is 0.465 e. The number of carbonyl (C=O) groups is 3. The van der Waals surface area contributed by atoms with Crippen LogP contribution in [-0.4, -0.2) is 37.2 Å². The smallest absolute Gasteiger partial charge is 0.311 e. The number of hydrogen-bond donors (Lipinski definition) is 0. The van der Waals surface area contributed by atoms with Crippen LogP contribution in [0.2, 0.25) is 0 Å². The van der Waals surface area contributed by atoms with Gasteiger partial charge in [0.05, 0.1) is 23.9 Å². The number of ketones is 1. The van der Waals surface area contributed by atoms with Gasteiger partial charge in [-0.3, -0.25) is 14.4 Å². The summed E-state index contributed by atoms with van der Waals surface area (Å²) in [6.45, 7) is 5.69. The van der Waals surface area contributed by atoms with Crippen molar-refractivity contribution in [3.63, 3.8) is 0 Å². The molecule has 2 fully saturated rings. The van der Waals surface area contributed by atoms with Crippen molar-refractivity contribution >= 4 is 17.7 Å². The summed E-state index contributed by atoms with van der Waals surface area (Å²) in [4.78, 5) is 36.9. The van der Waals surface area contributed by atoms with E-state index in [4.69, 9.17) is 14.2 Å². The molecule has 0 aromatic heterocycles. The first kappa shape index (κ1) is 22.9. The van der Waals surface area contributed by atoms with Crippen molar-refractivity contribution in [1.29, 1.82) is 0 Å². The molecule has 0 aromatic carbocycles. The van der Waals surface area contributed by atoms with Gasteiger partial charge < -0.3 is 14.2 Å². The molecule has 6 heteroatoms. The monoisotopic (exact) mass is 396 g/mol. The van der Waals surface area contributed by atoms with Crippen LogP contribution in [0.4, 0.5) is 0 Å². The lowest BCUT2D eigenvalue weighted by molar-refractivity contribution is -0.165. The van der Waals surface area contributed by atoms with Gasteiger partial charge in [0.2, 0.25) is 0 Å². The van der Waals surface area contributed by atoms with E-state index in [9.17, 15) is 14.4 Å². The Labute approximate surface area is 168 Å². The predicted molar refractivity (Wildman–Crippen MR) is 104 cm³/mol. The van der Waals surface area contributed by atoms with E-state index < -0.39 is 5.41 Å². The lowest BCUT2D eigenvalue weighted by Crippen LogP contribution is -2.35. The standard InChI is InChI=1S/C22H36O6/c1-4-22(2,3)21(25)26-14-17-10-8-9-16(20(17)24)13-19(23)28-15-27-18-11-6-5-7-12-18/h16-18H,4-15H2,1-3H3. The van der Waals surface area contributed by atoms with Gasteiger partial charge in [0.25, 0.3) is 0 Å². The number of esters is 2. The summed E-state index contributed by atoms with van der Waals surface area (Å²) in [5.41, 5.74) is -0.542. The first-order chi connectivity index (χ1) is 13.3. The molecule has 2 aliphatic rings. The molecule has 0 amide bonds. The molecule has 2 rings (SSSR count). The van der Waals surface area contributed by atoms with Crippen molar-refractivity contribution in [2.45, 2.75) is 91.1 Å². The highest BCUT2D eigenvalue weighted by molar-refractivity contribution is 5.88. The lowest BCUT2D eigenvalue weighted by Gasteiger charge is -2.28. The van der Waals surface area contributed by atoms with Crippen LogP contribution in [0.15, 0.2) is 0 Å². The predicted octanol–water partition coefficient (Wildman–Crippen LogP) is 4.19. The van der Waals surface area contributed by atoms with Gasteiger partial charge >= 0.3 is 11.9 Å². The maximum atomic E-state index is 12.7. The number of carbonyl (C=O) groups excluding carboxylic acids is 3. The summed E-state index contributed by atoms with van der Waals surface area (Å²) in [7, 11) is 0. The molecular weight excluding hydrogens is 360 g/mol. The van der Waals surface area contributed by atoms with Gasteiger partial charge in [0, 0.05) is 5.92 Å². The average molecular weight is 397 g/mol. The lowest BCUT2D eigenvalue weighted by atomic mass is 9.79. The molecule has 28 heavy (non-hydrogen) atoms. The fourth-order valence-corrected chi connectivity index (χ4v) is 3.80. The van der Waals surface area contributed by atoms with Crippen molar-refractivity contribution in [3.8, 4) is 0 Å². The molecule has 0 bridgehead atoms. The van der Waals surface area contributed by atoms with Crippen LogP contribution in [-0.2, 0) is 28.6 Å². The van der Waals surface area contributed by atoms with Gasteiger partial charge in [0.15, 0.2) is 6.79 Å². The molecule has 0 saturated heterocycles. The minimum atomic E-state index is -0.542. The zero-order valence-corrected chi connectivity index (χ0v) is 17.7. The molecule has 0 heterocycles. The number of rotatable bonds is 9. The zero-order chi connectivity index (χ0) is 20.6. The van der Waals surface area contributed by atoms with E-state index in [-0.39, 0.29) is 55.5 Å². The van der Waals surface area contributed by atoms with E-state index in [0.29, 0.717) is 19.3 Å². The maximum Gasteiger partial charge on any atom is 0.311 e. The van der Waals surface area contributed by atoms with Crippen molar-refractivity contribution in [2.75, 3.05) is 13.4 Å². The Bertz CT molecular complexity index is 535. The molecule has 160 valence electrons. The topological polar surface area (TPSA) is 78.9 Å². The van der Waals surface area contributed by atoms with Crippen molar-refractivity contribution in [1.82, 2.24) is 0 Å². The quantitative estimate of drug-likeness (QED) is 0.429. The second-order valence-electron chi connectivity index (χ2n) is 8.83. The van der Waals surface area contributed by atoms with E-state index in [2.05, 4.69) is 0 Å². The number of ether oxygens (including phenoxy) is 3. The van der Waals surface area contributed by atoms with Crippen LogP contribution in [0, 0.1) is 17.3 Å². The van der Waals surface area contributed by atoms with E-state index in [1.165, 1.54) is 6.42 Å². The minimum absolute atomic E-state index is 0.0125. The summed E-state index contributed by atoms with van der Waals surface area (Å²) in [5, 5.41) is 0. The molecule has 2 aliphatic carbocycles. The van der Waals surface area contributed by atoms with E-state index in [1.54, 1.807) is 0 Å². The normalized spacial score (nSPS) is 24.0. The van der Waals surface area contributed by atoms with Gasteiger partial charge in [-0.2, -0.15) is 0 Å². The first-order valence-corrected chi connectivity index (χ1v) is 10.8. The molecule has 0 radical (unpaired) electrons. The summed E-state index contributed by atoms with van der Waals surface area (Å²) in [5.74, 6) is -1.32. The Kier molecular flexibility index (Phi) is 8.93. The molecule has 2 unspecified atom stereocenters. The molecular formula is C22H36O6. The van der Waals surface area contributed by atoms with E-state index in [1.807, 2.05) is 20.8 Å². The van der Waals surface area contributed by atoms with Gasteiger partial charge in [-0.1, -0.05) is 32.6 Å². The summed E-state index contributed by atoms with van der Waals surface area (Å²) in [6.07, 6.45) is 8.80. The third kappa shape index (κ3) is 6.87. The van der Waals surface area contributed by atoms with Crippen molar-refractivity contribution in [3.05, 3.63) is 0 Å². The molecule has 0 aliphatic heterocycles. The molecule has 0 N–H and O–H groups in total. The summed E-state index contributed by atoms with van der Waals surface area (Å²) >= 11 is 0. The van der Waals surface area contributed by atoms with Gasteiger partial charge in [-0.25, -0.2) is 0 Å². The van der Waals surface area contributed by atoms with Gasteiger partial charge in [-0.15, -0.1) is 0 Å². The average Bonchev–Trinajstić information content (AvgIpc) is 2.69. The highest BCUT2D eigenvalue weighted by Crippen LogP contribution is 2.30. The van der Waals surface area contributed by atoms with Gasteiger partial charge in [-0.05, 0) is 46.0 Å². The summed E-state index contributed by atoms with van der Waals surface area (Å²) < 4.78 is 16.2. The van der Waals surface area contributed by atoms with Crippen LogP contribution >= 0.6 is 0 Å². The SMILES string of the molecule is CCC(C)(C)C(=O)OCC1CCCC(CC(=O)OCOC2CCCCC2)C1=O. The second-order valence-corrected chi connectivity index (χ2v) is 8.83. The first-order valence-electron chi connectivity index (χ1n) is 10.8. The molecule has 2 saturated carbocycles. The molecule has 2 atom stereocenters. The van der Waals surface area contributed by atoms with Crippen molar-refractivity contribution in [2.24, 2.45) is 17.3 Å². The van der Waals surface area contributed by atoms with Gasteiger partial charge in [0.1, 0.15) is 12.4 Å². The summed E-state index contributed by atoms with van der Waals surface area (Å²) in [6, 6.07) is 0. The third-order valence-corrected chi connectivity index (χ3v) is 6.25. The minimum Gasteiger partial charge on any atom is -0.465 e. The fourth-order valence-electron chi connectivity index (χ4n) is 3.80. The van der Waals surface area contributed by atoms with Crippen molar-refractivity contribution < 1.29 is 28.6 Å². The molecule has 6 nitrogen and oxygen atoms in total. The van der Waals surface area contributed by atoms with Crippen LogP contribution in [0.1, 0.15) is 85.0 Å². The Hall–Kier alpha value is -1.43. The number of hydrogen-bond acceptors (Lipinski definition) is 6. The Morgan fingerprint density at radius 3 is 2.32 bits per heavy atom. The Morgan fingerprint density at radius 1 is 0.964 bits per heavy atom. The van der Waals surface area contributed by atoms with E-state index in [0.717, 1.165) is 32.1 Å². The zero-order valence-electron chi connectivity index (χ0n) is 17.7. The third-order valence-electron chi connectivity index (χ3n) is 6.25. The molecule has 0 spiro atoms. The fraction of sp³-hybridized carbons (Fsp3) is 0.864. The second kappa shape index (κ2) is 10.9. The van der Waals surface area contributed by atoms with Crippen LogP contribution < -0.4 is 0 Å². The Morgan fingerprint density at radius 2 is 1.64 bits per heavy atom. The highest BCUT2D eigenvalue weighted by atomic mass is 16.7. The van der Waals surface area contributed by atoms with Crippen LogP contribution in [0.5, 0.6) is 0 Å². The van der Waals surface area contributed by atoms with Crippen LogP contribution in [0.25, 0.3) is 0 Å². The van der Waals surface area contributed by atoms with E-state index >= 15 is 0 Å².